The van der Waals surface area contributed by atoms with Gasteiger partial charge in [0, 0.05) is 35.7 Å². The van der Waals surface area contributed by atoms with E-state index < -0.39 is 16.1 Å². The summed E-state index contributed by atoms with van der Waals surface area (Å²) in [5.74, 6) is -0.223. The Bertz CT molecular complexity index is 883. The molecule has 1 atom stereocenters. The molecule has 134 valence electrons. The number of nitrogens with zero attached hydrogens (tertiary/aromatic N) is 1. The molecule has 0 aromatic heterocycles. The number of amides is 1. The van der Waals surface area contributed by atoms with Gasteiger partial charge >= 0.3 is 0 Å². The third-order valence-electron chi connectivity index (χ3n) is 3.81. The van der Waals surface area contributed by atoms with Gasteiger partial charge in [0.15, 0.2) is 0 Å². The summed E-state index contributed by atoms with van der Waals surface area (Å²) in [5, 5.41) is 3.49. The average Bonchev–Trinajstić information content (AvgIpc) is 2.53. The van der Waals surface area contributed by atoms with Crippen molar-refractivity contribution in [3.05, 3.63) is 58.1 Å². The number of hydrogen-bond donors (Lipinski definition) is 1. The fourth-order valence-corrected chi connectivity index (χ4v) is 4.23. The number of benzene rings is 2. The van der Waals surface area contributed by atoms with Crippen molar-refractivity contribution in [2.45, 2.75) is 24.8 Å². The van der Waals surface area contributed by atoms with E-state index in [1.54, 1.807) is 37.3 Å². The van der Waals surface area contributed by atoms with Crippen LogP contribution in [0.15, 0.2) is 47.4 Å². The van der Waals surface area contributed by atoms with Gasteiger partial charge in [0.25, 0.3) is 0 Å². The van der Waals surface area contributed by atoms with Crippen LogP contribution < -0.4 is 5.32 Å². The zero-order valence-corrected chi connectivity index (χ0v) is 16.3. The minimum atomic E-state index is -3.73. The predicted octanol–water partition coefficient (Wildman–Crippen LogP) is 4.33. The standard InChI is InChI=1S/C17H18Cl2N2O3S/c1-11(16-9-4-13(18)10-17(16)19)21(3)25(23,24)15-7-5-14(6-8-15)20-12(2)22/h4-11H,1-3H3,(H,20,22). The van der Waals surface area contributed by atoms with Gasteiger partial charge in [-0.05, 0) is 48.9 Å². The van der Waals surface area contributed by atoms with Crippen molar-refractivity contribution in [1.82, 2.24) is 4.31 Å². The summed E-state index contributed by atoms with van der Waals surface area (Å²) in [4.78, 5) is 11.2. The molecule has 1 unspecified atom stereocenters. The Hall–Kier alpha value is -1.60. The molecular weight excluding hydrogens is 383 g/mol. The molecule has 5 nitrogen and oxygen atoms in total. The van der Waals surface area contributed by atoms with E-state index in [-0.39, 0.29) is 10.8 Å². The van der Waals surface area contributed by atoms with Gasteiger partial charge in [-0.25, -0.2) is 8.42 Å². The number of halogens is 2. The quantitative estimate of drug-likeness (QED) is 0.811. The number of hydrogen-bond acceptors (Lipinski definition) is 3. The molecule has 0 heterocycles. The molecule has 2 aromatic rings. The molecule has 0 saturated heterocycles. The topological polar surface area (TPSA) is 66.5 Å². The highest BCUT2D eigenvalue weighted by molar-refractivity contribution is 7.89. The monoisotopic (exact) mass is 400 g/mol. The minimum Gasteiger partial charge on any atom is -0.326 e. The molecule has 2 aromatic carbocycles. The van der Waals surface area contributed by atoms with Crippen molar-refractivity contribution in [1.29, 1.82) is 0 Å². The zero-order chi connectivity index (χ0) is 18.8. The first-order chi connectivity index (χ1) is 11.6. The number of carbonyl (C=O) groups excluding carboxylic acids is 1. The van der Waals surface area contributed by atoms with Crippen molar-refractivity contribution >= 4 is 44.8 Å². The van der Waals surface area contributed by atoms with Crippen LogP contribution in [0.5, 0.6) is 0 Å². The van der Waals surface area contributed by atoms with Gasteiger partial charge in [-0.15, -0.1) is 0 Å². The van der Waals surface area contributed by atoms with Gasteiger partial charge in [0.2, 0.25) is 15.9 Å². The summed E-state index contributed by atoms with van der Waals surface area (Å²) in [6.07, 6.45) is 0. The van der Waals surface area contributed by atoms with Crippen LogP contribution in [-0.4, -0.2) is 25.7 Å². The summed E-state index contributed by atoms with van der Waals surface area (Å²) in [7, 11) is -2.24. The average molecular weight is 401 g/mol. The Labute approximate surface area is 157 Å². The van der Waals surface area contributed by atoms with Crippen LogP contribution in [0, 0.1) is 0 Å². The highest BCUT2D eigenvalue weighted by atomic mass is 35.5. The largest absolute Gasteiger partial charge is 0.326 e. The Morgan fingerprint density at radius 3 is 2.24 bits per heavy atom. The van der Waals surface area contributed by atoms with Gasteiger partial charge in [0.1, 0.15) is 0 Å². The Balaban J connectivity index is 2.30. The molecule has 0 aliphatic rings. The smallest absolute Gasteiger partial charge is 0.243 e. The van der Waals surface area contributed by atoms with Crippen LogP contribution in [0.4, 0.5) is 5.69 Å². The summed E-state index contributed by atoms with van der Waals surface area (Å²) in [6.45, 7) is 3.13. The lowest BCUT2D eigenvalue weighted by atomic mass is 10.1. The normalized spacial score (nSPS) is 12.9. The molecule has 0 aliphatic carbocycles. The Morgan fingerprint density at radius 1 is 1.12 bits per heavy atom. The molecule has 1 amide bonds. The molecule has 0 radical (unpaired) electrons. The predicted molar refractivity (Wildman–Crippen MR) is 101 cm³/mol. The highest BCUT2D eigenvalue weighted by Gasteiger charge is 2.27. The maximum absolute atomic E-state index is 12.8. The fourth-order valence-electron chi connectivity index (χ4n) is 2.32. The van der Waals surface area contributed by atoms with E-state index in [0.717, 1.165) is 0 Å². The van der Waals surface area contributed by atoms with Crippen molar-refractivity contribution in [3.63, 3.8) is 0 Å². The second kappa shape index (κ2) is 7.74. The van der Waals surface area contributed by atoms with E-state index in [1.807, 2.05) is 0 Å². The van der Waals surface area contributed by atoms with Crippen molar-refractivity contribution in [2.24, 2.45) is 0 Å². The van der Waals surface area contributed by atoms with E-state index in [1.165, 1.54) is 30.4 Å². The first kappa shape index (κ1) is 19.7. The van der Waals surface area contributed by atoms with E-state index >= 15 is 0 Å². The Morgan fingerprint density at radius 2 is 1.72 bits per heavy atom. The lowest BCUT2D eigenvalue weighted by Crippen LogP contribution is -2.30. The molecule has 0 bridgehead atoms. The SMILES string of the molecule is CC(=O)Nc1ccc(S(=O)(=O)N(C)C(C)c2ccc(Cl)cc2Cl)cc1. The first-order valence-corrected chi connectivity index (χ1v) is 9.63. The Kier molecular flexibility index (Phi) is 6.11. The van der Waals surface area contributed by atoms with E-state index in [2.05, 4.69) is 5.32 Å². The van der Waals surface area contributed by atoms with E-state index in [9.17, 15) is 13.2 Å². The summed E-state index contributed by atoms with van der Waals surface area (Å²) in [6, 6.07) is 10.5. The van der Waals surface area contributed by atoms with Crippen LogP contribution in [0.25, 0.3) is 0 Å². The number of anilines is 1. The lowest BCUT2D eigenvalue weighted by Gasteiger charge is -2.25. The highest BCUT2D eigenvalue weighted by Crippen LogP contribution is 2.32. The van der Waals surface area contributed by atoms with Crippen molar-refractivity contribution in [3.8, 4) is 0 Å². The molecular formula is C17H18Cl2N2O3S. The van der Waals surface area contributed by atoms with Crippen LogP contribution in [0.2, 0.25) is 10.0 Å². The molecule has 0 spiro atoms. The van der Waals surface area contributed by atoms with Gasteiger partial charge in [-0.1, -0.05) is 29.3 Å². The molecule has 0 saturated carbocycles. The molecule has 2 rings (SSSR count). The summed E-state index contributed by atoms with van der Waals surface area (Å²) in [5.41, 5.74) is 1.19. The number of sulfonamides is 1. The summed E-state index contributed by atoms with van der Waals surface area (Å²) < 4.78 is 26.9. The molecule has 25 heavy (non-hydrogen) atoms. The van der Waals surface area contributed by atoms with Crippen LogP contribution in [-0.2, 0) is 14.8 Å². The van der Waals surface area contributed by atoms with Crippen LogP contribution >= 0.6 is 23.2 Å². The van der Waals surface area contributed by atoms with Gasteiger partial charge in [-0.3, -0.25) is 4.79 Å². The minimum absolute atomic E-state index is 0.126. The summed E-state index contributed by atoms with van der Waals surface area (Å²) >= 11 is 12.1. The molecule has 0 fully saturated rings. The molecule has 1 N–H and O–H groups in total. The number of carbonyl (C=O) groups is 1. The van der Waals surface area contributed by atoms with Crippen LogP contribution in [0.3, 0.4) is 0 Å². The van der Waals surface area contributed by atoms with E-state index in [0.29, 0.717) is 21.3 Å². The van der Waals surface area contributed by atoms with E-state index in [4.69, 9.17) is 23.2 Å². The number of nitrogens with one attached hydrogen (secondary N) is 1. The van der Waals surface area contributed by atoms with Gasteiger partial charge < -0.3 is 5.32 Å². The van der Waals surface area contributed by atoms with Crippen molar-refractivity contribution < 1.29 is 13.2 Å². The second-order valence-electron chi connectivity index (χ2n) is 5.57. The van der Waals surface area contributed by atoms with Crippen LogP contribution in [0.1, 0.15) is 25.5 Å². The first-order valence-electron chi connectivity index (χ1n) is 7.43. The fraction of sp³-hybridized carbons (Fsp3) is 0.235. The van der Waals surface area contributed by atoms with Crippen molar-refractivity contribution in [2.75, 3.05) is 12.4 Å². The lowest BCUT2D eigenvalue weighted by molar-refractivity contribution is -0.114. The number of rotatable bonds is 5. The molecule has 0 aliphatic heterocycles. The third kappa shape index (κ3) is 4.52. The third-order valence-corrected chi connectivity index (χ3v) is 6.31. The zero-order valence-electron chi connectivity index (χ0n) is 14.0. The maximum atomic E-state index is 12.8. The molecule has 8 heteroatoms. The second-order valence-corrected chi connectivity index (χ2v) is 8.41. The maximum Gasteiger partial charge on any atom is 0.243 e. The van der Waals surface area contributed by atoms with Gasteiger partial charge in [-0.2, -0.15) is 4.31 Å². The van der Waals surface area contributed by atoms with Gasteiger partial charge in [0.05, 0.1) is 4.90 Å².